The Morgan fingerprint density at radius 1 is 0.897 bits per heavy atom. The van der Waals surface area contributed by atoms with Gasteiger partial charge in [0.1, 0.15) is 12.2 Å². The summed E-state index contributed by atoms with van der Waals surface area (Å²) in [6, 6.07) is 9.63. The summed E-state index contributed by atoms with van der Waals surface area (Å²) in [7, 11) is 0. The number of esters is 2. The van der Waals surface area contributed by atoms with Gasteiger partial charge in [0.05, 0.1) is 0 Å². The number of ketones is 1. The van der Waals surface area contributed by atoms with Crippen LogP contribution in [-0.2, 0) is 19.1 Å². The van der Waals surface area contributed by atoms with Crippen molar-refractivity contribution >= 4 is 17.7 Å². The van der Waals surface area contributed by atoms with E-state index in [-0.39, 0.29) is 40.8 Å². The number of Topliss-reactive ketones (excluding diaryl/α,β-unsaturated/α-hetero) is 1. The zero-order chi connectivity index (χ0) is 27.9. The molecule has 0 spiro atoms. The fourth-order valence-electron chi connectivity index (χ4n) is 10.2. The lowest BCUT2D eigenvalue weighted by atomic mass is 9.43. The summed E-state index contributed by atoms with van der Waals surface area (Å²) >= 11 is 0. The number of ether oxygens (including phenoxy) is 2. The molecule has 214 valence electrons. The highest BCUT2D eigenvalue weighted by Crippen LogP contribution is 2.69. The number of rotatable bonds is 7. The van der Waals surface area contributed by atoms with E-state index in [9.17, 15) is 14.4 Å². The molecule has 10 atom stereocenters. The molecule has 0 heterocycles. The van der Waals surface area contributed by atoms with Crippen molar-refractivity contribution in [3.05, 3.63) is 35.9 Å². The molecule has 0 unspecified atom stereocenters. The van der Waals surface area contributed by atoms with Gasteiger partial charge >= 0.3 is 11.9 Å². The van der Waals surface area contributed by atoms with Gasteiger partial charge in [0, 0.05) is 31.2 Å². The first-order valence-electron chi connectivity index (χ1n) is 15.5. The predicted octanol–water partition coefficient (Wildman–Crippen LogP) is 7.42. The molecule has 0 N–H and O–H groups in total. The monoisotopic (exact) mass is 536 g/mol. The van der Waals surface area contributed by atoms with Crippen molar-refractivity contribution in [2.75, 3.05) is 0 Å². The first kappa shape index (κ1) is 28.4. The van der Waals surface area contributed by atoms with E-state index in [1.54, 1.807) is 6.92 Å². The summed E-state index contributed by atoms with van der Waals surface area (Å²) in [5.74, 6) is 3.00. The van der Waals surface area contributed by atoms with Crippen molar-refractivity contribution in [2.24, 2.45) is 46.3 Å². The maximum Gasteiger partial charge on any atom is 0.302 e. The minimum atomic E-state index is -0.174. The van der Waals surface area contributed by atoms with Gasteiger partial charge in [0.25, 0.3) is 0 Å². The Kier molecular flexibility index (Phi) is 8.01. The Bertz CT molecular complexity index is 1070. The SMILES string of the molecule is CC(=O)O[C@@H]1CC[C@@]2(C)[C@H](CC[C@@H]3[C@@H]2C[C@H](OC(C)=O)[C@]2(C)[C@@H]([C@H](C)CCC(=O)c4ccccc4)CC[C@@H]32)C1. The van der Waals surface area contributed by atoms with Crippen molar-refractivity contribution in [3.8, 4) is 0 Å². The van der Waals surface area contributed by atoms with Crippen LogP contribution in [0.2, 0.25) is 0 Å². The lowest BCUT2D eigenvalue weighted by Gasteiger charge is -2.62. The van der Waals surface area contributed by atoms with Crippen LogP contribution in [0, 0.1) is 46.3 Å². The Labute approximate surface area is 234 Å². The Morgan fingerprint density at radius 2 is 1.62 bits per heavy atom. The number of hydrogen-bond donors (Lipinski definition) is 0. The van der Waals surface area contributed by atoms with Gasteiger partial charge in [0.2, 0.25) is 0 Å². The van der Waals surface area contributed by atoms with E-state index < -0.39 is 0 Å². The summed E-state index contributed by atoms with van der Waals surface area (Å²) in [6.45, 7) is 10.3. The van der Waals surface area contributed by atoms with Crippen LogP contribution in [0.1, 0.15) is 109 Å². The van der Waals surface area contributed by atoms with Gasteiger partial charge in [-0.15, -0.1) is 0 Å². The third-order valence-corrected chi connectivity index (χ3v) is 12.0. The van der Waals surface area contributed by atoms with Crippen LogP contribution in [-0.4, -0.2) is 29.9 Å². The van der Waals surface area contributed by atoms with E-state index in [0.29, 0.717) is 41.9 Å². The fraction of sp³-hybridized carbons (Fsp3) is 0.735. The second-order valence-electron chi connectivity index (χ2n) is 13.9. The number of carbonyl (C=O) groups excluding carboxylic acids is 3. The van der Waals surface area contributed by atoms with Crippen LogP contribution in [0.3, 0.4) is 0 Å². The molecular weight excluding hydrogens is 488 g/mol. The lowest BCUT2D eigenvalue weighted by Crippen LogP contribution is -2.59. The van der Waals surface area contributed by atoms with Gasteiger partial charge in [0.15, 0.2) is 5.78 Å². The van der Waals surface area contributed by atoms with Gasteiger partial charge in [-0.1, -0.05) is 51.1 Å². The lowest BCUT2D eigenvalue weighted by molar-refractivity contribution is -0.197. The molecule has 4 aliphatic rings. The van der Waals surface area contributed by atoms with Gasteiger partial charge in [-0.2, -0.15) is 0 Å². The summed E-state index contributed by atoms with van der Waals surface area (Å²) in [5.41, 5.74) is 0.942. The predicted molar refractivity (Wildman–Crippen MR) is 151 cm³/mol. The second-order valence-corrected chi connectivity index (χ2v) is 13.9. The molecule has 0 bridgehead atoms. The quantitative estimate of drug-likeness (QED) is 0.268. The maximum absolute atomic E-state index is 12.9. The molecule has 39 heavy (non-hydrogen) atoms. The smallest absolute Gasteiger partial charge is 0.302 e. The number of hydrogen-bond acceptors (Lipinski definition) is 5. The highest BCUT2D eigenvalue weighted by Gasteiger charge is 2.65. The zero-order valence-electron chi connectivity index (χ0n) is 24.6. The van der Waals surface area contributed by atoms with Gasteiger partial charge in [-0.05, 0) is 98.7 Å². The number of fused-ring (bicyclic) bond motifs is 5. The van der Waals surface area contributed by atoms with E-state index >= 15 is 0 Å². The van der Waals surface area contributed by atoms with Crippen LogP contribution in [0.5, 0.6) is 0 Å². The molecule has 1 aromatic carbocycles. The van der Waals surface area contributed by atoms with Crippen molar-refractivity contribution < 1.29 is 23.9 Å². The molecule has 0 amide bonds. The van der Waals surface area contributed by atoms with Crippen molar-refractivity contribution in [2.45, 2.75) is 111 Å². The van der Waals surface area contributed by atoms with Crippen LogP contribution < -0.4 is 0 Å². The van der Waals surface area contributed by atoms with E-state index in [4.69, 9.17) is 9.47 Å². The highest BCUT2D eigenvalue weighted by atomic mass is 16.5. The first-order chi connectivity index (χ1) is 18.5. The van der Waals surface area contributed by atoms with Crippen LogP contribution in [0.4, 0.5) is 0 Å². The molecule has 0 aromatic heterocycles. The second kappa shape index (κ2) is 11.0. The van der Waals surface area contributed by atoms with E-state index in [1.807, 2.05) is 30.3 Å². The fourth-order valence-corrected chi connectivity index (χ4v) is 10.2. The average molecular weight is 537 g/mol. The molecule has 1 aromatic rings. The van der Waals surface area contributed by atoms with E-state index in [0.717, 1.165) is 44.1 Å². The topological polar surface area (TPSA) is 69.7 Å². The number of carbonyl (C=O) groups is 3. The van der Waals surface area contributed by atoms with E-state index in [1.165, 1.54) is 26.2 Å². The van der Waals surface area contributed by atoms with Gasteiger partial charge < -0.3 is 9.47 Å². The van der Waals surface area contributed by atoms with Crippen LogP contribution >= 0.6 is 0 Å². The maximum atomic E-state index is 12.9. The largest absolute Gasteiger partial charge is 0.463 e. The Balaban J connectivity index is 1.35. The summed E-state index contributed by atoms with van der Waals surface area (Å²) in [5, 5.41) is 0. The molecule has 0 saturated heterocycles. The van der Waals surface area contributed by atoms with Crippen LogP contribution in [0.25, 0.3) is 0 Å². The minimum absolute atomic E-state index is 0.0468. The highest BCUT2D eigenvalue weighted by molar-refractivity contribution is 5.95. The van der Waals surface area contributed by atoms with Crippen molar-refractivity contribution in [1.82, 2.24) is 0 Å². The molecule has 0 aliphatic heterocycles. The third kappa shape index (κ3) is 5.20. The van der Waals surface area contributed by atoms with Gasteiger partial charge in [-0.3, -0.25) is 14.4 Å². The summed E-state index contributed by atoms with van der Waals surface area (Å²) in [6.07, 6.45) is 10.1. The normalized spacial score (nSPS) is 40.0. The summed E-state index contributed by atoms with van der Waals surface area (Å²) < 4.78 is 11.9. The molecule has 5 nitrogen and oxygen atoms in total. The zero-order valence-corrected chi connectivity index (χ0v) is 24.6. The average Bonchev–Trinajstić information content (AvgIpc) is 3.26. The number of benzene rings is 1. The standard InChI is InChI=1S/C34H48O5/c1-21(11-16-31(37)24-9-7-6-8-10-24)28-14-15-29-27-13-12-25-19-26(38-22(2)35)17-18-33(25,4)30(27)20-32(34(28,29)5)39-23(3)36/h6-10,21,25-30,32H,11-20H2,1-5H3/t21-,25-,26-,27+,28-,29+,30+,32+,33+,34-/m1/s1. The van der Waals surface area contributed by atoms with Gasteiger partial charge in [-0.25, -0.2) is 0 Å². The van der Waals surface area contributed by atoms with Crippen LogP contribution in [0.15, 0.2) is 30.3 Å². The third-order valence-electron chi connectivity index (χ3n) is 12.0. The molecule has 5 heteroatoms. The molecule has 0 radical (unpaired) electrons. The van der Waals surface area contributed by atoms with E-state index in [2.05, 4.69) is 20.8 Å². The Morgan fingerprint density at radius 3 is 2.31 bits per heavy atom. The molecular formula is C34H48O5. The molecule has 4 fully saturated rings. The van der Waals surface area contributed by atoms with Crippen molar-refractivity contribution in [1.29, 1.82) is 0 Å². The summed E-state index contributed by atoms with van der Waals surface area (Å²) in [4.78, 5) is 37.0. The van der Waals surface area contributed by atoms with Crippen molar-refractivity contribution in [3.63, 3.8) is 0 Å². The Hall–Kier alpha value is -2.17. The molecule has 5 rings (SSSR count). The molecule has 4 aliphatic carbocycles. The first-order valence-corrected chi connectivity index (χ1v) is 15.5. The minimum Gasteiger partial charge on any atom is -0.463 e. The molecule has 4 saturated carbocycles.